The number of hydrogen-bond acceptors (Lipinski definition) is 2. The molecule has 0 amide bonds. The van der Waals surface area contributed by atoms with Crippen LogP contribution >= 0.6 is 15.9 Å². The Morgan fingerprint density at radius 1 is 1.03 bits per heavy atom. The molecule has 0 aliphatic carbocycles. The smallest absolute Gasteiger partial charge is 0.371 e. The van der Waals surface area contributed by atoms with E-state index in [2.05, 4.69) is 40.2 Å². The lowest BCUT2D eigenvalue weighted by molar-refractivity contribution is -0.137. The molecule has 2 aromatic carbocycles. The Hall–Kier alpha value is -2.00. The predicted molar refractivity (Wildman–Crippen MR) is 114 cm³/mol. The Kier molecular flexibility index (Phi) is 7.23. The average molecular weight is 465 g/mol. The third-order valence-electron chi connectivity index (χ3n) is 5.59. The van der Waals surface area contributed by atoms with Crippen LogP contribution in [-0.2, 0) is 12.6 Å². The van der Waals surface area contributed by atoms with Crippen LogP contribution in [0.3, 0.4) is 0 Å². The molecular formula is C23H24BrF3N2. The van der Waals surface area contributed by atoms with E-state index in [4.69, 9.17) is 5.26 Å². The molecule has 2 aromatic rings. The van der Waals surface area contributed by atoms with Crippen LogP contribution < -0.4 is 4.90 Å². The van der Waals surface area contributed by atoms with Gasteiger partial charge in [-0.2, -0.15) is 18.4 Å². The predicted octanol–water partition coefficient (Wildman–Crippen LogP) is 6.68. The number of unbranched alkanes of at least 4 members (excludes halogenated alkanes) is 1. The number of aryl methyl sites for hydroxylation is 1. The zero-order chi connectivity index (χ0) is 20.9. The van der Waals surface area contributed by atoms with Crippen molar-refractivity contribution in [2.24, 2.45) is 0 Å². The molecule has 6 heteroatoms. The van der Waals surface area contributed by atoms with Gasteiger partial charge < -0.3 is 4.90 Å². The molecular weight excluding hydrogens is 441 g/mol. The molecule has 1 saturated heterocycles. The van der Waals surface area contributed by atoms with E-state index in [1.807, 2.05) is 4.90 Å². The van der Waals surface area contributed by atoms with Crippen LogP contribution in [0.1, 0.15) is 53.9 Å². The lowest BCUT2D eigenvalue weighted by Gasteiger charge is -2.34. The molecule has 1 heterocycles. The van der Waals surface area contributed by atoms with Crippen molar-refractivity contribution >= 4 is 21.6 Å². The number of rotatable bonds is 6. The van der Waals surface area contributed by atoms with Gasteiger partial charge in [-0.25, -0.2) is 0 Å². The zero-order valence-electron chi connectivity index (χ0n) is 16.2. The van der Waals surface area contributed by atoms with Gasteiger partial charge >= 0.3 is 6.18 Å². The van der Waals surface area contributed by atoms with E-state index < -0.39 is 11.7 Å². The van der Waals surface area contributed by atoms with E-state index in [0.717, 1.165) is 30.7 Å². The van der Waals surface area contributed by atoms with Crippen molar-refractivity contribution in [3.8, 4) is 6.07 Å². The molecule has 0 bridgehead atoms. The van der Waals surface area contributed by atoms with Gasteiger partial charge in [0, 0.05) is 24.1 Å². The van der Waals surface area contributed by atoms with Crippen LogP contribution in [0, 0.1) is 11.3 Å². The van der Waals surface area contributed by atoms with E-state index >= 15 is 0 Å². The Balaban J connectivity index is 1.63. The van der Waals surface area contributed by atoms with Crippen molar-refractivity contribution in [3.63, 3.8) is 0 Å². The summed E-state index contributed by atoms with van der Waals surface area (Å²) in [6, 6.07) is 14.5. The fraction of sp³-hybridized carbons (Fsp3) is 0.435. The Bertz CT molecular complexity index is 848. The maximum atomic E-state index is 13.2. The molecule has 0 atom stereocenters. The summed E-state index contributed by atoms with van der Waals surface area (Å²) < 4.78 is 39.7. The van der Waals surface area contributed by atoms with E-state index in [0.29, 0.717) is 24.7 Å². The van der Waals surface area contributed by atoms with Gasteiger partial charge in [0.1, 0.15) is 0 Å². The Labute approximate surface area is 178 Å². The zero-order valence-corrected chi connectivity index (χ0v) is 17.8. The fourth-order valence-corrected chi connectivity index (χ4v) is 4.31. The van der Waals surface area contributed by atoms with E-state index in [1.165, 1.54) is 30.0 Å². The van der Waals surface area contributed by atoms with E-state index in [9.17, 15) is 13.2 Å². The second kappa shape index (κ2) is 9.67. The number of piperidine rings is 1. The number of anilines is 1. The number of nitriles is 1. The number of hydrogen-bond donors (Lipinski definition) is 0. The van der Waals surface area contributed by atoms with Crippen molar-refractivity contribution in [2.45, 2.75) is 44.2 Å². The topological polar surface area (TPSA) is 27.0 Å². The lowest BCUT2D eigenvalue weighted by atomic mass is 9.88. The van der Waals surface area contributed by atoms with Gasteiger partial charge in [0.15, 0.2) is 0 Å². The maximum Gasteiger partial charge on any atom is 0.417 e. The van der Waals surface area contributed by atoms with E-state index in [1.54, 1.807) is 12.1 Å². The molecule has 1 fully saturated rings. The van der Waals surface area contributed by atoms with Crippen LogP contribution in [0.5, 0.6) is 0 Å². The first kappa shape index (κ1) is 21.7. The SMILES string of the molecule is N#Cc1ccc(N2CCC(c3ccc(CCCCBr)cc3)CC2)cc1C(F)(F)F. The summed E-state index contributed by atoms with van der Waals surface area (Å²) in [5, 5.41) is 9.99. The molecule has 0 unspecified atom stereocenters. The number of benzene rings is 2. The fourth-order valence-electron chi connectivity index (χ4n) is 3.91. The summed E-state index contributed by atoms with van der Waals surface area (Å²) in [5.74, 6) is 0.434. The van der Waals surface area contributed by atoms with Gasteiger partial charge in [-0.15, -0.1) is 0 Å². The molecule has 154 valence electrons. The first-order valence-corrected chi connectivity index (χ1v) is 11.1. The maximum absolute atomic E-state index is 13.2. The van der Waals surface area contributed by atoms with Gasteiger partial charge in [0.05, 0.1) is 17.2 Å². The van der Waals surface area contributed by atoms with Crippen LogP contribution in [0.4, 0.5) is 18.9 Å². The molecule has 1 aliphatic heterocycles. The molecule has 29 heavy (non-hydrogen) atoms. The summed E-state index contributed by atoms with van der Waals surface area (Å²) in [4.78, 5) is 1.99. The Morgan fingerprint density at radius 3 is 2.31 bits per heavy atom. The minimum atomic E-state index is -4.52. The van der Waals surface area contributed by atoms with Crippen LogP contribution in [-0.4, -0.2) is 18.4 Å². The molecule has 0 N–H and O–H groups in total. The highest BCUT2D eigenvalue weighted by atomic mass is 79.9. The summed E-state index contributed by atoms with van der Waals surface area (Å²) in [5.41, 5.74) is 2.02. The standard InChI is InChI=1S/C23H24BrF3N2/c24-12-2-1-3-17-4-6-18(7-5-17)19-10-13-29(14-11-19)21-9-8-20(16-28)22(15-21)23(25,26)27/h4-9,15,19H,1-3,10-14H2. The highest BCUT2D eigenvalue weighted by Crippen LogP contribution is 2.36. The summed E-state index contributed by atoms with van der Waals surface area (Å²) in [7, 11) is 0. The molecule has 1 aliphatic rings. The van der Waals surface area contributed by atoms with Crippen molar-refractivity contribution in [2.75, 3.05) is 23.3 Å². The van der Waals surface area contributed by atoms with Crippen molar-refractivity contribution in [1.82, 2.24) is 0 Å². The molecule has 0 aromatic heterocycles. The average Bonchev–Trinajstić information content (AvgIpc) is 2.73. The van der Waals surface area contributed by atoms with Gasteiger partial charge in [0.2, 0.25) is 0 Å². The van der Waals surface area contributed by atoms with E-state index in [-0.39, 0.29) is 5.56 Å². The van der Waals surface area contributed by atoms with Gasteiger partial charge in [-0.05, 0) is 67.3 Å². The van der Waals surface area contributed by atoms with Crippen molar-refractivity contribution < 1.29 is 13.2 Å². The third kappa shape index (κ3) is 5.54. The Morgan fingerprint density at radius 2 is 1.72 bits per heavy atom. The molecule has 0 saturated carbocycles. The highest BCUT2D eigenvalue weighted by Gasteiger charge is 2.34. The minimum Gasteiger partial charge on any atom is -0.371 e. The minimum absolute atomic E-state index is 0.327. The first-order valence-electron chi connectivity index (χ1n) is 9.93. The molecule has 3 rings (SSSR count). The number of nitrogens with zero attached hydrogens (tertiary/aromatic N) is 2. The van der Waals surface area contributed by atoms with Crippen LogP contribution in [0.15, 0.2) is 42.5 Å². The summed E-state index contributed by atoms with van der Waals surface area (Å²) in [6.07, 6.45) is 0.730. The summed E-state index contributed by atoms with van der Waals surface area (Å²) >= 11 is 3.46. The number of alkyl halides is 4. The largest absolute Gasteiger partial charge is 0.417 e. The monoisotopic (exact) mass is 464 g/mol. The second-order valence-electron chi connectivity index (χ2n) is 7.49. The third-order valence-corrected chi connectivity index (χ3v) is 6.15. The quantitative estimate of drug-likeness (QED) is 0.352. The number of halogens is 4. The molecule has 0 radical (unpaired) electrons. The van der Waals surface area contributed by atoms with Crippen molar-refractivity contribution in [3.05, 3.63) is 64.7 Å². The first-order chi connectivity index (χ1) is 13.9. The van der Waals surface area contributed by atoms with Gasteiger partial charge in [-0.3, -0.25) is 0 Å². The molecule has 2 nitrogen and oxygen atoms in total. The normalized spacial score (nSPS) is 15.3. The summed E-state index contributed by atoms with van der Waals surface area (Å²) in [6.45, 7) is 1.42. The second-order valence-corrected chi connectivity index (χ2v) is 8.28. The van der Waals surface area contributed by atoms with Gasteiger partial charge in [-0.1, -0.05) is 40.2 Å². The lowest BCUT2D eigenvalue weighted by Crippen LogP contribution is -2.33. The van der Waals surface area contributed by atoms with Crippen LogP contribution in [0.25, 0.3) is 0 Å². The molecule has 0 spiro atoms. The highest BCUT2D eigenvalue weighted by molar-refractivity contribution is 9.09. The van der Waals surface area contributed by atoms with Crippen LogP contribution in [0.2, 0.25) is 0 Å². The van der Waals surface area contributed by atoms with Gasteiger partial charge in [0.25, 0.3) is 0 Å². The van der Waals surface area contributed by atoms with Crippen molar-refractivity contribution in [1.29, 1.82) is 5.26 Å².